The number of ether oxygens (including phenoxy) is 2. The first-order valence-electron chi connectivity index (χ1n) is 9.13. The van der Waals surface area contributed by atoms with Crippen LogP contribution in [0.2, 0.25) is 0 Å². The van der Waals surface area contributed by atoms with E-state index in [0.29, 0.717) is 11.5 Å². The molecule has 0 fully saturated rings. The predicted molar refractivity (Wildman–Crippen MR) is 117 cm³/mol. The molecule has 0 saturated heterocycles. The van der Waals surface area contributed by atoms with E-state index in [1.807, 2.05) is 37.4 Å². The second kappa shape index (κ2) is 8.89. The number of benzene rings is 2. The summed E-state index contributed by atoms with van der Waals surface area (Å²) in [6.07, 6.45) is 1.81. The van der Waals surface area contributed by atoms with Crippen LogP contribution in [0.1, 0.15) is 30.5 Å². The molecule has 0 aliphatic carbocycles. The molecule has 0 unspecified atom stereocenters. The van der Waals surface area contributed by atoms with Crippen LogP contribution in [-0.4, -0.2) is 24.4 Å². The minimum Gasteiger partial charge on any atom is -0.493 e. The summed E-state index contributed by atoms with van der Waals surface area (Å²) in [4.78, 5) is 4.64. The second-order valence-corrected chi connectivity index (χ2v) is 7.66. The number of nitrogens with one attached hydrogen (secondary N) is 1. The highest BCUT2D eigenvalue weighted by atomic mass is 32.1. The topological polar surface area (TPSA) is 55.7 Å². The lowest BCUT2D eigenvalue weighted by atomic mass is 10.0. The summed E-state index contributed by atoms with van der Waals surface area (Å²) in [5.41, 5.74) is 8.49. The summed E-state index contributed by atoms with van der Waals surface area (Å²) >= 11 is 1.53. The molecule has 2 aromatic carbocycles. The van der Waals surface area contributed by atoms with Crippen molar-refractivity contribution in [1.29, 1.82) is 0 Å². The van der Waals surface area contributed by atoms with Gasteiger partial charge in [0.15, 0.2) is 11.5 Å². The number of hydrogen-bond donors (Lipinski definition) is 1. The van der Waals surface area contributed by atoms with Crippen molar-refractivity contribution in [2.75, 3.05) is 12.5 Å². The molecule has 0 amide bonds. The second-order valence-electron chi connectivity index (χ2n) is 6.80. The molecule has 3 rings (SSSR count). The Bertz CT molecular complexity index is 980. The van der Waals surface area contributed by atoms with Gasteiger partial charge in [-0.05, 0) is 57.0 Å². The molecule has 0 radical (unpaired) electrons. The number of anilines is 1. The molecule has 0 saturated carbocycles. The zero-order valence-corrected chi connectivity index (χ0v) is 17.6. The highest BCUT2D eigenvalue weighted by Crippen LogP contribution is 2.29. The Hall–Kier alpha value is -2.86. The average molecular weight is 396 g/mol. The van der Waals surface area contributed by atoms with Gasteiger partial charge in [-0.3, -0.25) is 5.43 Å². The van der Waals surface area contributed by atoms with Gasteiger partial charge in [-0.25, -0.2) is 4.98 Å². The quantitative estimate of drug-likeness (QED) is 0.414. The van der Waals surface area contributed by atoms with E-state index in [2.05, 4.69) is 47.6 Å². The first-order valence-corrected chi connectivity index (χ1v) is 10.0. The van der Waals surface area contributed by atoms with Gasteiger partial charge >= 0.3 is 0 Å². The van der Waals surface area contributed by atoms with Crippen molar-refractivity contribution in [3.63, 3.8) is 0 Å². The van der Waals surface area contributed by atoms with Crippen molar-refractivity contribution in [1.82, 2.24) is 4.98 Å². The van der Waals surface area contributed by atoms with Gasteiger partial charge in [0.1, 0.15) is 0 Å². The fraction of sp³-hybridized carbons (Fsp3) is 0.273. The zero-order chi connectivity index (χ0) is 20.1. The zero-order valence-electron chi connectivity index (χ0n) is 16.8. The van der Waals surface area contributed by atoms with E-state index >= 15 is 0 Å². The van der Waals surface area contributed by atoms with Crippen LogP contribution >= 0.6 is 11.3 Å². The molecular weight excluding hydrogens is 370 g/mol. The smallest absolute Gasteiger partial charge is 0.203 e. The molecule has 3 aromatic rings. The summed E-state index contributed by atoms with van der Waals surface area (Å²) < 4.78 is 11.1. The fourth-order valence-corrected chi connectivity index (χ4v) is 3.49. The van der Waals surface area contributed by atoms with E-state index in [9.17, 15) is 0 Å². The minimum absolute atomic E-state index is 0.0678. The summed E-state index contributed by atoms with van der Waals surface area (Å²) in [6, 6.07) is 12.1. The fourth-order valence-electron chi connectivity index (χ4n) is 2.83. The van der Waals surface area contributed by atoms with Gasteiger partial charge in [-0.1, -0.05) is 23.8 Å². The molecule has 1 heterocycles. The minimum atomic E-state index is 0.0678. The third-order valence-electron chi connectivity index (χ3n) is 4.09. The molecule has 6 heteroatoms. The number of hydrogen-bond acceptors (Lipinski definition) is 6. The molecule has 0 bridgehead atoms. The van der Waals surface area contributed by atoms with Gasteiger partial charge in [-0.15, -0.1) is 11.3 Å². The first-order chi connectivity index (χ1) is 13.5. The molecule has 28 heavy (non-hydrogen) atoms. The third kappa shape index (κ3) is 4.89. The highest BCUT2D eigenvalue weighted by Gasteiger charge is 2.08. The van der Waals surface area contributed by atoms with E-state index < -0.39 is 0 Å². The van der Waals surface area contributed by atoms with Gasteiger partial charge in [0.05, 0.1) is 25.1 Å². The average Bonchev–Trinajstić information content (AvgIpc) is 3.10. The Labute approximate surface area is 170 Å². The molecule has 5 nitrogen and oxygen atoms in total. The lowest BCUT2D eigenvalue weighted by Crippen LogP contribution is -2.07. The van der Waals surface area contributed by atoms with Gasteiger partial charge in [0.2, 0.25) is 5.13 Å². The number of rotatable bonds is 7. The molecule has 0 aliphatic rings. The first kappa shape index (κ1) is 19.9. The molecule has 0 atom stereocenters. The van der Waals surface area contributed by atoms with E-state index in [-0.39, 0.29) is 6.10 Å². The van der Waals surface area contributed by atoms with Crippen LogP contribution in [0, 0.1) is 13.8 Å². The van der Waals surface area contributed by atoms with Crippen molar-refractivity contribution in [3.05, 3.63) is 58.5 Å². The van der Waals surface area contributed by atoms with Crippen LogP contribution < -0.4 is 14.9 Å². The largest absolute Gasteiger partial charge is 0.493 e. The summed E-state index contributed by atoms with van der Waals surface area (Å²) in [6.45, 7) is 8.17. The number of nitrogens with zero attached hydrogens (tertiary/aromatic N) is 2. The van der Waals surface area contributed by atoms with Crippen molar-refractivity contribution in [2.24, 2.45) is 5.10 Å². The van der Waals surface area contributed by atoms with Gasteiger partial charge in [0, 0.05) is 10.9 Å². The Morgan fingerprint density at radius 2 is 1.93 bits per heavy atom. The van der Waals surface area contributed by atoms with E-state index in [1.54, 1.807) is 13.3 Å². The number of hydrazone groups is 1. The van der Waals surface area contributed by atoms with E-state index in [4.69, 9.17) is 9.47 Å². The van der Waals surface area contributed by atoms with Crippen LogP contribution in [0.3, 0.4) is 0 Å². The van der Waals surface area contributed by atoms with Gasteiger partial charge in [0.25, 0.3) is 0 Å². The highest BCUT2D eigenvalue weighted by molar-refractivity contribution is 7.14. The summed E-state index contributed by atoms with van der Waals surface area (Å²) in [7, 11) is 1.63. The molecule has 1 aromatic heterocycles. The number of methoxy groups -OCH3 is 1. The van der Waals surface area contributed by atoms with E-state index in [0.717, 1.165) is 22.0 Å². The molecule has 0 spiro atoms. The standard InChI is InChI=1S/C22H25N3O2S/c1-14(2)27-21-11-17(7-9-20(21)26-5)12-23-25-22-24-19(13-28-22)18-8-6-15(3)10-16(18)4/h6-14H,1-5H3,(H,24,25)/b23-12-. The van der Waals surface area contributed by atoms with E-state index in [1.165, 1.54) is 22.5 Å². The SMILES string of the molecule is COc1ccc(/C=N\Nc2nc(-c3ccc(C)cc3C)cs2)cc1OC(C)C. The normalized spacial score (nSPS) is 11.2. The Morgan fingerprint density at radius 3 is 2.64 bits per heavy atom. The van der Waals surface area contributed by atoms with Crippen LogP contribution in [0.4, 0.5) is 5.13 Å². The molecule has 146 valence electrons. The van der Waals surface area contributed by atoms with Crippen molar-refractivity contribution >= 4 is 22.7 Å². The third-order valence-corrected chi connectivity index (χ3v) is 4.83. The van der Waals surface area contributed by atoms with Gasteiger partial charge in [-0.2, -0.15) is 5.10 Å². The van der Waals surface area contributed by atoms with Crippen LogP contribution in [-0.2, 0) is 0 Å². The molecule has 0 aliphatic heterocycles. The summed E-state index contributed by atoms with van der Waals surface area (Å²) in [5.74, 6) is 1.41. The molecule has 1 N–H and O–H groups in total. The Morgan fingerprint density at radius 1 is 1.11 bits per heavy atom. The Balaban J connectivity index is 1.71. The molecular formula is C22H25N3O2S. The Kier molecular flexibility index (Phi) is 6.31. The van der Waals surface area contributed by atoms with Crippen LogP contribution in [0.25, 0.3) is 11.3 Å². The maximum atomic E-state index is 5.80. The maximum Gasteiger partial charge on any atom is 0.203 e. The number of aromatic nitrogens is 1. The van der Waals surface area contributed by atoms with Crippen molar-refractivity contribution in [3.8, 4) is 22.8 Å². The van der Waals surface area contributed by atoms with Crippen LogP contribution in [0.15, 0.2) is 46.9 Å². The predicted octanol–water partition coefficient (Wildman–Crippen LogP) is 5.67. The lowest BCUT2D eigenvalue weighted by Gasteiger charge is -2.13. The monoisotopic (exact) mass is 395 g/mol. The lowest BCUT2D eigenvalue weighted by molar-refractivity contribution is 0.230. The van der Waals surface area contributed by atoms with Gasteiger partial charge < -0.3 is 9.47 Å². The van der Waals surface area contributed by atoms with Crippen LogP contribution in [0.5, 0.6) is 11.5 Å². The number of aryl methyl sites for hydroxylation is 2. The van der Waals surface area contributed by atoms with Crippen molar-refractivity contribution in [2.45, 2.75) is 33.8 Å². The maximum absolute atomic E-state index is 5.80. The number of thiazole rings is 1. The van der Waals surface area contributed by atoms with Crippen molar-refractivity contribution < 1.29 is 9.47 Å². The summed E-state index contributed by atoms with van der Waals surface area (Å²) in [5, 5.41) is 7.10.